The number of carbonyl (C=O) groups excluding carboxylic acids is 1. The molecule has 0 bridgehead atoms. The zero-order chi connectivity index (χ0) is 19.1. The number of amides is 1. The van der Waals surface area contributed by atoms with Crippen molar-refractivity contribution in [2.45, 2.75) is 6.42 Å². The zero-order valence-corrected chi connectivity index (χ0v) is 16.4. The third kappa shape index (κ3) is 5.74. The van der Waals surface area contributed by atoms with Crippen molar-refractivity contribution in [2.24, 2.45) is 0 Å². The van der Waals surface area contributed by atoms with E-state index >= 15 is 0 Å². The quantitative estimate of drug-likeness (QED) is 0.409. The minimum Gasteiger partial charge on any atom is -0.497 e. The lowest BCUT2D eigenvalue weighted by Crippen LogP contribution is -2.17. The predicted molar refractivity (Wildman–Crippen MR) is 111 cm³/mol. The summed E-state index contributed by atoms with van der Waals surface area (Å²) in [6.07, 6.45) is 2.55. The van der Waals surface area contributed by atoms with Crippen molar-refractivity contribution in [3.63, 3.8) is 0 Å². The number of methoxy groups -OCH3 is 1. The first-order valence-electron chi connectivity index (χ1n) is 8.38. The van der Waals surface area contributed by atoms with Crippen molar-refractivity contribution < 1.29 is 19.0 Å². The summed E-state index contributed by atoms with van der Waals surface area (Å²) in [5.41, 5.74) is 0.891. The molecule has 5 nitrogen and oxygen atoms in total. The highest BCUT2D eigenvalue weighted by Gasteiger charge is 2.21. The summed E-state index contributed by atoms with van der Waals surface area (Å²) in [5.74, 6) is 2.13. The number of benzene rings is 2. The van der Waals surface area contributed by atoms with Gasteiger partial charge in [0, 0.05) is 12.5 Å². The highest BCUT2D eigenvalue weighted by molar-refractivity contribution is 8.26. The molecule has 0 atom stereocenters. The molecule has 1 saturated heterocycles. The van der Waals surface area contributed by atoms with E-state index in [1.54, 1.807) is 13.2 Å². The number of hydrogen-bond donors (Lipinski definition) is 1. The molecule has 1 fully saturated rings. The summed E-state index contributed by atoms with van der Waals surface area (Å²) in [7, 11) is 1.63. The Morgan fingerprint density at radius 1 is 1.04 bits per heavy atom. The summed E-state index contributed by atoms with van der Waals surface area (Å²) >= 11 is 6.26. The molecule has 2 aromatic rings. The van der Waals surface area contributed by atoms with E-state index in [0.717, 1.165) is 29.2 Å². The summed E-state index contributed by atoms with van der Waals surface area (Å²) < 4.78 is 17.1. The first kappa shape index (κ1) is 19.3. The summed E-state index contributed by atoms with van der Waals surface area (Å²) in [4.78, 5) is 12.3. The molecule has 1 N–H and O–H groups in total. The Labute approximate surface area is 167 Å². The largest absolute Gasteiger partial charge is 0.497 e. The van der Waals surface area contributed by atoms with Crippen LogP contribution in [0.1, 0.15) is 12.0 Å². The van der Waals surface area contributed by atoms with Crippen LogP contribution in [0.3, 0.4) is 0 Å². The molecule has 27 heavy (non-hydrogen) atoms. The van der Waals surface area contributed by atoms with Crippen LogP contribution in [0.25, 0.3) is 6.08 Å². The second-order valence-corrected chi connectivity index (χ2v) is 7.37. The molecule has 7 heteroatoms. The molecule has 0 radical (unpaired) electrons. The summed E-state index contributed by atoms with van der Waals surface area (Å²) in [6, 6.07) is 15.1. The van der Waals surface area contributed by atoms with Crippen molar-refractivity contribution in [1.29, 1.82) is 0 Å². The van der Waals surface area contributed by atoms with Crippen molar-refractivity contribution >= 4 is 40.3 Å². The fourth-order valence-electron chi connectivity index (χ4n) is 2.40. The van der Waals surface area contributed by atoms with Crippen molar-refractivity contribution in [3.8, 4) is 17.2 Å². The van der Waals surface area contributed by atoms with Gasteiger partial charge in [-0.1, -0.05) is 42.2 Å². The van der Waals surface area contributed by atoms with Crippen LogP contribution in [-0.4, -0.2) is 30.6 Å². The van der Waals surface area contributed by atoms with Crippen LogP contribution in [0.2, 0.25) is 0 Å². The van der Waals surface area contributed by atoms with E-state index in [4.69, 9.17) is 26.4 Å². The molecular weight excluding hydrogens is 382 g/mol. The first-order chi connectivity index (χ1) is 13.1. The molecule has 3 rings (SSSR count). The van der Waals surface area contributed by atoms with Gasteiger partial charge in [-0.2, -0.15) is 0 Å². The maximum absolute atomic E-state index is 11.7. The second-order valence-electron chi connectivity index (χ2n) is 5.65. The molecule has 0 unspecified atom stereocenters. The van der Waals surface area contributed by atoms with E-state index in [1.165, 1.54) is 11.8 Å². The van der Waals surface area contributed by atoms with Gasteiger partial charge in [-0.15, -0.1) is 0 Å². The fourth-order valence-corrected chi connectivity index (χ4v) is 3.44. The SMILES string of the molecule is COc1cccc(OCCCOc2cccc(/C=C3\SC(=S)NC3=O)c2)c1. The van der Waals surface area contributed by atoms with Gasteiger partial charge in [0.15, 0.2) is 0 Å². The van der Waals surface area contributed by atoms with E-state index in [2.05, 4.69) is 5.32 Å². The summed E-state index contributed by atoms with van der Waals surface area (Å²) in [5, 5.41) is 2.60. The van der Waals surface area contributed by atoms with Gasteiger partial charge in [0.1, 0.15) is 21.6 Å². The third-order valence-corrected chi connectivity index (χ3v) is 4.83. The molecule has 2 aromatic carbocycles. The lowest BCUT2D eigenvalue weighted by atomic mass is 10.2. The molecular formula is C20H19NO4S2. The van der Waals surface area contributed by atoms with E-state index in [9.17, 15) is 4.79 Å². The average Bonchev–Trinajstić information content (AvgIpc) is 2.99. The Morgan fingerprint density at radius 3 is 2.37 bits per heavy atom. The highest BCUT2D eigenvalue weighted by atomic mass is 32.2. The maximum atomic E-state index is 11.7. The molecule has 1 aliphatic heterocycles. The standard InChI is InChI=1S/C20H19NO4S2/c1-23-15-6-3-8-17(13-15)25-10-4-9-24-16-7-2-5-14(11-16)12-18-19(22)21-20(26)27-18/h2-3,5-8,11-13H,4,9-10H2,1H3,(H,21,22,26)/b18-12-. The Hall–Kier alpha value is -2.51. The van der Waals surface area contributed by atoms with Gasteiger partial charge in [0.05, 0.1) is 25.2 Å². The number of thiocarbonyl (C=S) groups is 1. The maximum Gasteiger partial charge on any atom is 0.263 e. The van der Waals surface area contributed by atoms with Gasteiger partial charge < -0.3 is 19.5 Å². The van der Waals surface area contributed by atoms with Gasteiger partial charge in [-0.25, -0.2) is 0 Å². The van der Waals surface area contributed by atoms with E-state index < -0.39 is 0 Å². The highest BCUT2D eigenvalue weighted by Crippen LogP contribution is 2.27. The zero-order valence-electron chi connectivity index (χ0n) is 14.8. The molecule has 140 valence electrons. The molecule has 1 amide bonds. The number of carbonyl (C=O) groups is 1. The Bertz CT molecular complexity index is 867. The second kappa shape index (κ2) is 9.43. The Kier molecular flexibility index (Phi) is 6.73. The van der Waals surface area contributed by atoms with Gasteiger partial charge in [0.2, 0.25) is 0 Å². The minimum absolute atomic E-state index is 0.161. The fraction of sp³-hybridized carbons (Fsp3) is 0.200. The Balaban J connectivity index is 1.47. The summed E-state index contributed by atoms with van der Waals surface area (Å²) in [6.45, 7) is 1.08. The van der Waals surface area contributed by atoms with Crippen LogP contribution in [0.4, 0.5) is 0 Å². The van der Waals surface area contributed by atoms with Gasteiger partial charge in [-0.3, -0.25) is 4.79 Å². The van der Waals surface area contributed by atoms with E-state index in [0.29, 0.717) is 22.4 Å². The first-order valence-corrected chi connectivity index (χ1v) is 9.61. The number of nitrogens with one attached hydrogen (secondary N) is 1. The van der Waals surface area contributed by atoms with Gasteiger partial charge in [0.25, 0.3) is 5.91 Å². The smallest absolute Gasteiger partial charge is 0.263 e. The van der Waals surface area contributed by atoms with Crippen LogP contribution >= 0.6 is 24.0 Å². The van der Waals surface area contributed by atoms with Crippen LogP contribution in [0.5, 0.6) is 17.2 Å². The number of ether oxygens (including phenoxy) is 3. The number of thioether (sulfide) groups is 1. The molecule has 0 spiro atoms. The van der Waals surface area contributed by atoms with Gasteiger partial charge >= 0.3 is 0 Å². The van der Waals surface area contributed by atoms with Crippen LogP contribution in [-0.2, 0) is 4.79 Å². The molecule has 1 aliphatic rings. The van der Waals surface area contributed by atoms with E-state index in [1.807, 2.05) is 48.5 Å². The third-order valence-electron chi connectivity index (χ3n) is 3.67. The van der Waals surface area contributed by atoms with Crippen LogP contribution in [0.15, 0.2) is 53.4 Å². The Morgan fingerprint density at radius 2 is 1.70 bits per heavy atom. The monoisotopic (exact) mass is 401 g/mol. The van der Waals surface area contributed by atoms with Crippen LogP contribution < -0.4 is 19.5 Å². The normalized spacial score (nSPS) is 14.9. The topological polar surface area (TPSA) is 56.8 Å². The van der Waals surface area contributed by atoms with E-state index in [-0.39, 0.29) is 5.91 Å². The van der Waals surface area contributed by atoms with Gasteiger partial charge in [-0.05, 0) is 35.9 Å². The molecule has 0 aromatic heterocycles. The molecule has 0 aliphatic carbocycles. The van der Waals surface area contributed by atoms with Crippen molar-refractivity contribution in [1.82, 2.24) is 5.32 Å². The average molecular weight is 402 g/mol. The minimum atomic E-state index is -0.161. The number of rotatable bonds is 8. The molecule has 0 saturated carbocycles. The predicted octanol–water partition coefficient (Wildman–Crippen LogP) is 4.03. The lowest BCUT2D eigenvalue weighted by Gasteiger charge is -2.09. The lowest BCUT2D eigenvalue weighted by molar-refractivity contribution is -0.115. The molecule has 1 heterocycles. The van der Waals surface area contributed by atoms with Crippen molar-refractivity contribution in [3.05, 3.63) is 59.0 Å². The van der Waals surface area contributed by atoms with Crippen molar-refractivity contribution in [2.75, 3.05) is 20.3 Å². The number of hydrogen-bond acceptors (Lipinski definition) is 6. The van der Waals surface area contributed by atoms with Crippen LogP contribution in [0, 0.1) is 0 Å².